The summed E-state index contributed by atoms with van der Waals surface area (Å²) in [6.45, 7) is 8.80. The lowest BCUT2D eigenvalue weighted by atomic mass is 10.0. The third-order valence-corrected chi connectivity index (χ3v) is 4.97. The molecule has 1 aliphatic rings. The second-order valence-electron chi connectivity index (χ2n) is 7.35. The number of carbonyl (C=O) groups excluding carboxylic acids is 1. The van der Waals surface area contributed by atoms with Crippen LogP contribution in [0.15, 0.2) is 42.5 Å². The Morgan fingerprint density at radius 2 is 1.73 bits per heavy atom. The molecule has 3 rings (SSSR count). The van der Waals surface area contributed by atoms with Gasteiger partial charge in [0.1, 0.15) is 5.75 Å². The number of nitrogens with zero attached hydrogens (tertiary/aromatic N) is 1. The zero-order valence-electron chi connectivity index (χ0n) is 16.0. The fraction of sp³-hybridized carbons (Fsp3) is 0.409. The van der Waals surface area contributed by atoms with Crippen LogP contribution in [-0.2, 0) is 11.3 Å². The summed E-state index contributed by atoms with van der Waals surface area (Å²) >= 11 is 0. The van der Waals surface area contributed by atoms with Crippen molar-refractivity contribution in [2.45, 2.75) is 58.7 Å². The van der Waals surface area contributed by atoms with Crippen LogP contribution in [0.3, 0.4) is 0 Å². The molecule has 0 saturated heterocycles. The molecule has 138 valence electrons. The van der Waals surface area contributed by atoms with Crippen molar-refractivity contribution in [1.82, 2.24) is 0 Å². The molecule has 0 bridgehead atoms. The third kappa shape index (κ3) is 3.61. The van der Waals surface area contributed by atoms with E-state index in [1.807, 2.05) is 36.9 Å². The van der Waals surface area contributed by atoms with E-state index in [2.05, 4.69) is 38.1 Å². The van der Waals surface area contributed by atoms with Crippen LogP contribution in [0.2, 0.25) is 0 Å². The minimum absolute atomic E-state index is 0.00904. The molecule has 2 atom stereocenters. The molecule has 26 heavy (non-hydrogen) atoms. The van der Waals surface area contributed by atoms with Crippen molar-refractivity contribution in [3.8, 4) is 5.75 Å². The predicted molar refractivity (Wildman–Crippen MR) is 105 cm³/mol. The number of hydrogen-bond acceptors (Lipinski definition) is 3. The van der Waals surface area contributed by atoms with E-state index in [1.54, 1.807) is 0 Å². The third-order valence-electron chi connectivity index (χ3n) is 4.97. The van der Waals surface area contributed by atoms with E-state index in [9.17, 15) is 4.79 Å². The van der Waals surface area contributed by atoms with E-state index < -0.39 is 6.10 Å². The highest BCUT2D eigenvalue weighted by Gasteiger charge is 2.33. The van der Waals surface area contributed by atoms with Gasteiger partial charge in [0, 0.05) is 6.04 Å². The van der Waals surface area contributed by atoms with E-state index in [-0.39, 0.29) is 11.9 Å². The van der Waals surface area contributed by atoms with Crippen molar-refractivity contribution in [3.63, 3.8) is 0 Å². The summed E-state index contributed by atoms with van der Waals surface area (Å²) in [6, 6.07) is 14.3. The van der Waals surface area contributed by atoms with Gasteiger partial charge < -0.3 is 15.4 Å². The van der Waals surface area contributed by atoms with Gasteiger partial charge in [0.2, 0.25) is 0 Å². The molecular formula is C22H28N2O2. The van der Waals surface area contributed by atoms with Crippen molar-refractivity contribution in [3.05, 3.63) is 59.2 Å². The lowest BCUT2D eigenvalue weighted by Gasteiger charge is -2.34. The first-order valence-corrected chi connectivity index (χ1v) is 9.37. The van der Waals surface area contributed by atoms with Gasteiger partial charge in [-0.05, 0) is 48.1 Å². The zero-order valence-corrected chi connectivity index (χ0v) is 16.0. The molecule has 2 unspecified atom stereocenters. The van der Waals surface area contributed by atoms with E-state index in [0.717, 1.165) is 22.6 Å². The van der Waals surface area contributed by atoms with Gasteiger partial charge in [-0.1, -0.05) is 51.1 Å². The van der Waals surface area contributed by atoms with Gasteiger partial charge in [-0.2, -0.15) is 0 Å². The van der Waals surface area contributed by atoms with Crippen LogP contribution in [-0.4, -0.2) is 12.0 Å². The van der Waals surface area contributed by atoms with Gasteiger partial charge >= 0.3 is 0 Å². The maximum absolute atomic E-state index is 12.9. The van der Waals surface area contributed by atoms with E-state index in [1.165, 1.54) is 5.56 Å². The second-order valence-corrected chi connectivity index (χ2v) is 7.35. The summed E-state index contributed by atoms with van der Waals surface area (Å²) in [7, 11) is 0. The number of carbonyl (C=O) groups is 1. The SMILES string of the molecule is CCC1Oc2ccc(C(C)N)cc2N(Cc2ccc(C(C)C)cc2)C1=O. The number of benzene rings is 2. The minimum atomic E-state index is -0.432. The summed E-state index contributed by atoms with van der Waals surface area (Å²) in [5.41, 5.74) is 10.2. The molecule has 0 saturated carbocycles. The average Bonchev–Trinajstić information content (AvgIpc) is 2.63. The topological polar surface area (TPSA) is 55.6 Å². The van der Waals surface area contributed by atoms with Gasteiger partial charge in [-0.25, -0.2) is 0 Å². The summed E-state index contributed by atoms with van der Waals surface area (Å²) in [5, 5.41) is 0. The molecule has 0 spiro atoms. The van der Waals surface area contributed by atoms with E-state index in [4.69, 9.17) is 10.5 Å². The molecule has 1 amide bonds. The largest absolute Gasteiger partial charge is 0.478 e. The molecule has 0 aromatic heterocycles. The summed E-state index contributed by atoms with van der Waals surface area (Å²) in [6.07, 6.45) is 0.217. The van der Waals surface area contributed by atoms with Crippen LogP contribution < -0.4 is 15.4 Å². The van der Waals surface area contributed by atoms with E-state index >= 15 is 0 Å². The summed E-state index contributed by atoms with van der Waals surface area (Å²) in [5.74, 6) is 1.25. The monoisotopic (exact) mass is 352 g/mol. The number of hydrogen-bond donors (Lipinski definition) is 1. The van der Waals surface area contributed by atoms with Crippen molar-refractivity contribution < 1.29 is 9.53 Å². The van der Waals surface area contributed by atoms with Crippen molar-refractivity contribution in [2.75, 3.05) is 4.90 Å². The lowest BCUT2D eigenvalue weighted by Crippen LogP contribution is -2.45. The molecular weight excluding hydrogens is 324 g/mol. The summed E-state index contributed by atoms with van der Waals surface area (Å²) in [4.78, 5) is 14.8. The molecule has 2 N–H and O–H groups in total. The Balaban J connectivity index is 1.96. The predicted octanol–water partition coefficient (Wildman–Crippen LogP) is 4.53. The van der Waals surface area contributed by atoms with Crippen molar-refractivity contribution in [1.29, 1.82) is 0 Å². The molecule has 1 heterocycles. The first-order chi connectivity index (χ1) is 12.4. The fourth-order valence-corrected chi connectivity index (χ4v) is 3.24. The first-order valence-electron chi connectivity index (χ1n) is 9.37. The molecule has 2 aromatic carbocycles. The van der Waals surface area contributed by atoms with Crippen molar-refractivity contribution >= 4 is 11.6 Å². The normalized spacial score (nSPS) is 17.8. The molecule has 0 radical (unpaired) electrons. The van der Waals surface area contributed by atoms with Gasteiger partial charge in [0.25, 0.3) is 5.91 Å². The summed E-state index contributed by atoms with van der Waals surface area (Å²) < 4.78 is 5.91. The minimum Gasteiger partial charge on any atom is -0.478 e. The van der Waals surface area contributed by atoms with Crippen LogP contribution in [0.4, 0.5) is 5.69 Å². The lowest BCUT2D eigenvalue weighted by molar-refractivity contribution is -0.126. The van der Waals surface area contributed by atoms with Crippen LogP contribution in [0.25, 0.3) is 0 Å². The smallest absolute Gasteiger partial charge is 0.268 e. The molecule has 4 nitrogen and oxygen atoms in total. The number of nitrogens with two attached hydrogens (primary N) is 1. The van der Waals surface area contributed by atoms with Crippen LogP contribution in [0, 0.1) is 0 Å². The Kier molecular flexibility index (Phi) is 5.33. The van der Waals surface area contributed by atoms with Gasteiger partial charge in [0.15, 0.2) is 6.10 Å². The highest BCUT2D eigenvalue weighted by atomic mass is 16.5. The van der Waals surface area contributed by atoms with Gasteiger partial charge in [0.05, 0.1) is 12.2 Å². The average molecular weight is 352 g/mol. The van der Waals surface area contributed by atoms with Crippen LogP contribution in [0.5, 0.6) is 5.75 Å². The number of anilines is 1. The first kappa shape index (κ1) is 18.5. The van der Waals surface area contributed by atoms with Gasteiger partial charge in [-0.3, -0.25) is 4.79 Å². The number of ether oxygens (including phenoxy) is 1. The second kappa shape index (κ2) is 7.50. The van der Waals surface area contributed by atoms with E-state index in [0.29, 0.717) is 18.9 Å². The maximum Gasteiger partial charge on any atom is 0.268 e. The van der Waals surface area contributed by atoms with Crippen molar-refractivity contribution in [2.24, 2.45) is 5.73 Å². The molecule has 4 heteroatoms. The Bertz CT molecular complexity index is 781. The quantitative estimate of drug-likeness (QED) is 0.860. The number of amides is 1. The highest BCUT2D eigenvalue weighted by molar-refractivity contribution is 6.00. The molecule has 2 aromatic rings. The number of rotatable bonds is 5. The van der Waals surface area contributed by atoms with Crippen LogP contribution in [0.1, 0.15) is 62.8 Å². The standard InChI is InChI=1S/C22H28N2O2/c1-5-20-22(25)24(13-16-6-8-17(9-7-16)14(2)3)19-12-18(15(4)23)10-11-21(19)26-20/h6-12,14-15,20H,5,13,23H2,1-4H3. The molecule has 0 fully saturated rings. The Morgan fingerprint density at radius 3 is 2.31 bits per heavy atom. The molecule has 1 aliphatic heterocycles. The Hall–Kier alpha value is -2.33. The maximum atomic E-state index is 12.9. The zero-order chi connectivity index (χ0) is 18.8. The number of fused-ring (bicyclic) bond motifs is 1. The highest BCUT2D eigenvalue weighted by Crippen LogP contribution is 2.37. The Labute approximate surface area is 156 Å². The van der Waals surface area contributed by atoms with Gasteiger partial charge in [-0.15, -0.1) is 0 Å². The Morgan fingerprint density at radius 1 is 1.08 bits per heavy atom. The fourth-order valence-electron chi connectivity index (χ4n) is 3.24. The molecule has 0 aliphatic carbocycles. The van der Waals surface area contributed by atoms with Crippen LogP contribution >= 0.6 is 0 Å².